The minimum atomic E-state index is -0.816. The van der Waals surface area contributed by atoms with Crippen molar-refractivity contribution in [1.82, 2.24) is 4.57 Å². The van der Waals surface area contributed by atoms with Gasteiger partial charge in [0, 0.05) is 21.2 Å². The first kappa shape index (κ1) is 30.4. The Kier molecular flexibility index (Phi) is 9.25. The molecular formula is C32H28Cl2N2O6S. The van der Waals surface area contributed by atoms with Crippen LogP contribution in [0.15, 0.2) is 81.7 Å². The van der Waals surface area contributed by atoms with E-state index in [-0.39, 0.29) is 24.3 Å². The van der Waals surface area contributed by atoms with E-state index in [9.17, 15) is 9.59 Å². The molecule has 0 fully saturated rings. The van der Waals surface area contributed by atoms with Crippen LogP contribution in [0.25, 0.3) is 6.08 Å². The van der Waals surface area contributed by atoms with Crippen LogP contribution in [-0.2, 0) is 16.1 Å². The summed E-state index contributed by atoms with van der Waals surface area (Å²) in [6, 6.07) is 17.1. The Hall–Kier alpha value is -4.05. The number of esters is 1. The highest BCUT2D eigenvalue weighted by Crippen LogP contribution is 2.37. The van der Waals surface area contributed by atoms with Crippen molar-refractivity contribution in [3.05, 3.63) is 118 Å². The van der Waals surface area contributed by atoms with Gasteiger partial charge < -0.3 is 18.9 Å². The number of carbonyl (C=O) groups excluding carboxylic acids is 1. The Labute approximate surface area is 262 Å². The Morgan fingerprint density at radius 3 is 2.51 bits per heavy atom. The van der Waals surface area contributed by atoms with Gasteiger partial charge in [0.15, 0.2) is 16.3 Å². The van der Waals surface area contributed by atoms with E-state index in [1.54, 1.807) is 63.4 Å². The normalized spacial score (nSPS) is 14.7. The lowest BCUT2D eigenvalue weighted by Gasteiger charge is -2.25. The summed E-state index contributed by atoms with van der Waals surface area (Å²) >= 11 is 13.6. The average molecular weight is 640 g/mol. The fourth-order valence-corrected chi connectivity index (χ4v) is 6.30. The largest absolute Gasteiger partial charge is 0.496 e. The lowest BCUT2D eigenvalue weighted by atomic mass is 9.95. The molecule has 43 heavy (non-hydrogen) atoms. The number of ether oxygens (including phenoxy) is 4. The molecule has 0 saturated carbocycles. The first-order valence-electron chi connectivity index (χ1n) is 13.3. The molecule has 222 valence electrons. The van der Waals surface area contributed by atoms with Gasteiger partial charge >= 0.3 is 5.97 Å². The number of halogens is 2. The molecule has 1 aliphatic rings. The van der Waals surface area contributed by atoms with Gasteiger partial charge in [0.25, 0.3) is 5.56 Å². The van der Waals surface area contributed by atoms with Gasteiger partial charge in [-0.15, -0.1) is 0 Å². The standard InChI is InChI=1S/C32H28Cl2N2O6S/c1-5-41-31(38)28-18(2)35-32-36(30(37)27(43-32)15-19-8-6-7-9-24(19)39-3)29(28)20-11-13-25(26(14-20)40-4)42-17-21-10-12-22(33)16-23(21)34/h6-16,29H,5,17H2,1-4H3/b27-15+/t29-/m1/s1. The van der Waals surface area contributed by atoms with E-state index in [0.717, 1.165) is 11.1 Å². The Balaban J connectivity index is 1.61. The number of allylic oxidation sites excluding steroid dienone is 1. The van der Waals surface area contributed by atoms with Gasteiger partial charge in [0.05, 0.1) is 42.7 Å². The molecule has 1 aliphatic heterocycles. The van der Waals surface area contributed by atoms with Crippen LogP contribution in [0.4, 0.5) is 0 Å². The molecule has 0 radical (unpaired) electrons. The molecule has 0 N–H and O–H groups in total. The van der Waals surface area contributed by atoms with Crippen molar-refractivity contribution in [1.29, 1.82) is 0 Å². The molecule has 1 aromatic heterocycles. The molecule has 0 amide bonds. The third-order valence-electron chi connectivity index (χ3n) is 6.84. The number of aromatic nitrogens is 1. The summed E-state index contributed by atoms with van der Waals surface area (Å²) in [5.41, 5.74) is 2.55. The van der Waals surface area contributed by atoms with Gasteiger partial charge in [-0.05, 0) is 55.8 Å². The van der Waals surface area contributed by atoms with Crippen LogP contribution in [0.2, 0.25) is 10.0 Å². The molecule has 11 heteroatoms. The fourth-order valence-electron chi connectivity index (χ4n) is 4.80. The number of para-hydroxylation sites is 1. The minimum absolute atomic E-state index is 0.171. The number of fused-ring (bicyclic) bond motifs is 1. The van der Waals surface area contributed by atoms with Crippen molar-refractivity contribution < 1.29 is 23.7 Å². The summed E-state index contributed by atoms with van der Waals surface area (Å²) < 4.78 is 24.6. The number of hydrogen-bond acceptors (Lipinski definition) is 8. The van der Waals surface area contributed by atoms with E-state index in [0.29, 0.717) is 47.9 Å². The molecule has 0 saturated heterocycles. The van der Waals surface area contributed by atoms with Crippen molar-refractivity contribution in [2.24, 2.45) is 4.99 Å². The monoisotopic (exact) mass is 638 g/mol. The van der Waals surface area contributed by atoms with Crippen LogP contribution >= 0.6 is 34.5 Å². The summed E-state index contributed by atoms with van der Waals surface area (Å²) in [6.45, 7) is 3.82. The SMILES string of the molecule is CCOC(=O)C1=C(C)N=c2s/c(=C/c3ccccc3OC)c(=O)n2[C@@H]1c1ccc(OCc2ccc(Cl)cc2Cl)c(OC)c1. The Morgan fingerprint density at radius 2 is 1.79 bits per heavy atom. The number of benzene rings is 3. The lowest BCUT2D eigenvalue weighted by Crippen LogP contribution is -2.40. The predicted octanol–water partition coefficient (Wildman–Crippen LogP) is 5.70. The number of carbonyl (C=O) groups is 1. The second-order valence-corrected chi connectivity index (χ2v) is 11.3. The quantitative estimate of drug-likeness (QED) is 0.219. The van der Waals surface area contributed by atoms with Crippen LogP contribution < -0.4 is 29.1 Å². The Bertz CT molecular complexity index is 1910. The molecular weight excluding hydrogens is 611 g/mol. The van der Waals surface area contributed by atoms with Crippen molar-refractivity contribution in [3.8, 4) is 17.2 Å². The second-order valence-electron chi connectivity index (χ2n) is 9.48. The summed E-state index contributed by atoms with van der Waals surface area (Å²) in [5, 5.41) is 1.01. The molecule has 8 nitrogen and oxygen atoms in total. The molecule has 0 unspecified atom stereocenters. The van der Waals surface area contributed by atoms with Crippen LogP contribution in [0, 0.1) is 0 Å². The maximum absolute atomic E-state index is 14.0. The van der Waals surface area contributed by atoms with Crippen LogP contribution in [-0.4, -0.2) is 31.4 Å². The fraction of sp³-hybridized carbons (Fsp3) is 0.219. The van der Waals surface area contributed by atoms with Crippen LogP contribution in [0.3, 0.4) is 0 Å². The minimum Gasteiger partial charge on any atom is -0.496 e. The molecule has 1 atom stereocenters. The van der Waals surface area contributed by atoms with Gasteiger partial charge in [-0.2, -0.15) is 0 Å². The Morgan fingerprint density at radius 1 is 1.02 bits per heavy atom. The van der Waals surface area contributed by atoms with E-state index >= 15 is 0 Å². The number of thiazole rings is 1. The first-order chi connectivity index (χ1) is 20.7. The lowest BCUT2D eigenvalue weighted by molar-refractivity contribution is -0.139. The van der Waals surface area contributed by atoms with Gasteiger partial charge in [-0.25, -0.2) is 9.79 Å². The number of methoxy groups -OCH3 is 2. The third-order valence-corrected chi connectivity index (χ3v) is 8.41. The molecule has 4 aromatic rings. The smallest absolute Gasteiger partial charge is 0.338 e. The molecule has 0 aliphatic carbocycles. The molecule has 3 aromatic carbocycles. The predicted molar refractivity (Wildman–Crippen MR) is 167 cm³/mol. The van der Waals surface area contributed by atoms with E-state index in [2.05, 4.69) is 4.99 Å². The molecule has 2 heterocycles. The number of hydrogen-bond donors (Lipinski definition) is 0. The van der Waals surface area contributed by atoms with E-state index in [1.807, 2.05) is 24.3 Å². The van der Waals surface area contributed by atoms with Gasteiger partial charge in [0.2, 0.25) is 0 Å². The summed E-state index contributed by atoms with van der Waals surface area (Å²) in [6.07, 6.45) is 1.77. The van der Waals surface area contributed by atoms with Crippen LogP contribution in [0.1, 0.15) is 36.6 Å². The topological polar surface area (TPSA) is 88.4 Å². The van der Waals surface area contributed by atoms with Crippen molar-refractivity contribution in [2.45, 2.75) is 26.5 Å². The maximum Gasteiger partial charge on any atom is 0.338 e. The van der Waals surface area contributed by atoms with Gasteiger partial charge in [-0.3, -0.25) is 9.36 Å². The highest BCUT2D eigenvalue weighted by Gasteiger charge is 2.34. The van der Waals surface area contributed by atoms with E-state index in [1.165, 1.54) is 23.0 Å². The maximum atomic E-state index is 14.0. The second kappa shape index (κ2) is 13.1. The van der Waals surface area contributed by atoms with Gasteiger partial charge in [0.1, 0.15) is 12.4 Å². The first-order valence-corrected chi connectivity index (χ1v) is 14.9. The average Bonchev–Trinajstić information content (AvgIpc) is 3.30. The highest BCUT2D eigenvalue weighted by atomic mass is 35.5. The zero-order chi connectivity index (χ0) is 30.7. The number of nitrogens with zero attached hydrogens (tertiary/aromatic N) is 2. The van der Waals surface area contributed by atoms with Crippen molar-refractivity contribution in [3.63, 3.8) is 0 Å². The summed E-state index contributed by atoms with van der Waals surface area (Å²) in [4.78, 5) is 32.3. The highest BCUT2D eigenvalue weighted by molar-refractivity contribution is 7.07. The number of rotatable bonds is 9. The summed E-state index contributed by atoms with van der Waals surface area (Å²) in [5.74, 6) is 0.953. The van der Waals surface area contributed by atoms with Crippen LogP contribution in [0.5, 0.6) is 17.2 Å². The van der Waals surface area contributed by atoms with Gasteiger partial charge in [-0.1, -0.05) is 64.9 Å². The third kappa shape index (κ3) is 6.20. The van der Waals surface area contributed by atoms with Crippen molar-refractivity contribution in [2.75, 3.05) is 20.8 Å². The molecule has 0 spiro atoms. The zero-order valence-electron chi connectivity index (χ0n) is 23.9. The van der Waals surface area contributed by atoms with E-state index < -0.39 is 12.0 Å². The van der Waals surface area contributed by atoms with Crippen molar-refractivity contribution >= 4 is 46.6 Å². The zero-order valence-corrected chi connectivity index (χ0v) is 26.2. The molecule has 5 rings (SSSR count). The van der Waals surface area contributed by atoms with E-state index in [4.69, 9.17) is 42.1 Å². The molecule has 0 bridgehead atoms. The summed E-state index contributed by atoms with van der Waals surface area (Å²) in [7, 11) is 3.10.